The third-order valence-corrected chi connectivity index (χ3v) is 10.5. The fraction of sp³-hybridized carbons (Fsp3) is 0.471. The first-order valence-electron chi connectivity index (χ1n) is 7.47. The van der Waals surface area contributed by atoms with E-state index in [1.165, 1.54) is 0 Å². The highest BCUT2D eigenvalue weighted by atomic mass is 28.3. The van der Waals surface area contributed by atoms with E-state index in [0.29, 0.717) is 6.61 Å². The number of rotatable bonds is 8. The van der Waals surface area contributed by atoms with E-state index in [2.05, 4.69) is 39.5 Å². The molecule has 0 N–H and O–H groups in total. The summed E-state index contributed by atoms with van der Waals surface area (Å²) in [4.78, 5) is 12.6. The van der Waals surface area contributed by atoms with Gasteiger partial charge in [-0.1, -0.05) is 81.9 Å². The van der Waals surface area contributed by atoms with Crippen LogP contribution in [0.4, 0.5) is 0 Å². The molecule has 0 bridgehead atoms. The van der Waals surface area contributed by atoms with Gasteiger partial charge in [0.1, 0.15) is 6.61 Å². The Kier molecular flexibility index (Phi) is 6.72. The van der Waals surface area contributed by atoms with Crippen LogP contribution in [0.25, 0.3) is 0 Å². The maximum atomic E-state index is 12.6. The van der Waals surface area contributed by atoms with Crippen molar-refractivity contribution >= 4 is 14.0 Å². The van der Waals surface area contributed by atoms with Crippen LogP contribution >= 0.6 is 0 Å². The number of hydrogen-bond donors (Lipinski definition) is 0. The normalized spacial score (nSPS) is 12.8. The van der Waals surface area contributed by atoms with Gasteiger partial charge in [-0.3, -0.25) is 4.79 Å². The first-order valence-corrected chi connectivity index (χ1v) is 10.2. The number of ether oxygens (including phenoxy) is 1. The Morgan fingerprint density at radius 1 is 1.20 bits per heavy atom. The zero-order chi connectivity index (χ0) is 15.0. The fourth-order valence-corrected chi connectivity index (χ4v) is 7.18. The molecule has 0 amide bonds. The largest absolute Gasteiger partial charge is 0.461 e. The SMILES string of the molecule is C=CCOC(=O)C(c1ccccc1)[Si](CC)(CC)CC. The summed E-state index contributed by atoms with van der Waals surface area (Å²) in [6.45, 7) is 10.6. The number of carbonyl (C=O) groups excluding carboxylic acids is 1. The highest BCUT2D eigenvalue weighted by Crippen LogP contribution is 2.37. The Bertz CT molecular complexity index is 416. The summed E-state index contributed by atoms with van der Waals surface area (Å²) in [7, 11) is -1.71. The molecular weight excluding hydrogens is 264 g/mol. The Labute approximate surface area is 123 Å². The highest BCUT2D eigenvalue weighted by Gasteiger charge is 2.42. The van der Waals surface area contributed by atoms with Crippen molar-refractivity contribution in [1.82, 2.24) is 0 Å². The predicted molar refractivity (Wildman–Crippen MR) is 87.5 cm³/mol. The Hall–Kier alpha value is -1.35. The second-order valence-corrected chi connectivity index (χ2v) is 10.6. The third-order valence-electron chi connectivity index (χ3n) is 4.44. The zero-order valence-corrected chi connectivity index (χ0v) is 13.9. The summed E-state index contributed by atoms with van der Waals surface area (Å²) < 4.78 is 5.40. The lowest BCUT2D eigenvalue weighted by molar-refractivity contribution is -0.142. The smallest absolute Gasteiger partial charge is 0.310 e. The van der Waals surface area contributed by atoms with Gasteiger partial charge >= 0.3 is 5.97 Å². The van der Waals surface area contributed by atoms with Crippen molar-refractivity contribution in [1.29, 1.82) is 0 Å². The van der Waals surface area contributed by atoms with Crippen molar-refractivity contribution in [2.75, 3.05) is 6.61 Å². The first kappa shape index (κ1) is 16.7. The van der Waals surface area contributed by atoms with Gasteiger partial charge in [-0.05, 0) is 5.56 Å². The molecular formula is C17H26O2Si. The van der Waals surface area contributed by atoms with Crippen molar-refractivity contribution in [3.8, 4) is 0 Å². The van der Waals surface area contributed by atoms with Crippen LogP contribution in [-0.4, -0.2) is 20.7 Å². The van der Waals surface area contributed by atoms with Gasteiger partial charge in [-0.2, -0.15) is 0 Å². The summed E-state index contributed by atoms with van der Waals surface area (Å²) in [5.74, 6) is -0.0756. The van der Waals surface area contributed by atoms with Crippen molar-refractivity contribution < 1.29 is 9.53 Å². The molecule has 1 rings (SSSR count). The van der Waals surface area contributed by atoms with Crippen molar-refractivity contribution in [2.45, 2.75) is 44.4 Å². The van der Waals surface area contributed by atoms with E-state index in [0.717, 1.165) is 23.7 Å². The number of hydrogen-bond acceptors (Lipinski definition) is 2. The van der Waals surface area contributed by atoms with Gasteiger partial charge in [0.05, 0.1) is 13.6 Å². The lowest BCUT2D eigenvalue weighted by Crippen LogP contribution is -2.44. The molecule has 1 aromatic carbocycles. The van der Waals surface area contributed by atoms with Crippen LogP contribution in [0.15, 0.2) is 43.0 Å². The van der Waals surface area contributed by atoms with Gasteiger partial charge in [-0.15, -0.1) is 0 Å². The van der Waals surface area contributed by atoms with Crippen molar-refractivity contribution in [3.05, 3.63) is 48.6 Å². The molecule has 2 nitrogen and oxygen atoms in total. The molecule has 0 spiro atoms. The minimum absolute atomic E-state index is 0.0661. The van der Waals surface area contributed by atoms with Gasteiger partial charge in [0.25, 0.3) is 0 Å². The summed E-state index contributed by atoms with van der Waals surface area (Å²) in [5, 5.41) is 0. The van der Waals surface area contributed by atoms with E-state index in [-0.39, 0.29) is 11.5 Å². The van der Waals surface area contributed by atoms with Crippen molar-refractivity contribution in [2.24, 2.45) is 0 Å². The van der Waals surface area contributed by atoms with Crippen LogP contribution in [0.3, 0.4) is 0 Å². The highest BCUT2D eigenvalue weighted by molar-refractivity contribution is 6.83. The van der Waals surface area contributed by atoms with Crippen LogP contribution in [-0.2, 0) is 9.53 Å². The molecule has 3 heteroatoms. The van der Waals surface area contributed by atoms with E-state index >= 15 is 0 Å². The van der Waals surface area contributed by atoms with Gasteiger partial charge < -0.3 is 4.74 Å². The minimum Gasteiger partial charge on any atom is -0.461 e. The van der Waals surface area contributed by atoms with Gasteiger partial charge in [0.2, 0.25) is 0 Å². The molecule has 0 aliphatic heterocycles. The van der Waals surface area contributed by atoms with E-state index in [1.54, 1.807) is 6.08 Å². The molecule has 20 heavy (non-hydrogen) atoms. The van der Waals surface area contributed by atoms with Crippen LogP contribution in [0.1, 0.15) is 31.9 Å². The molecule has 110 valence electrons. The molecule has 0 aliphatic carbocycles. The second kappa shape index (κ2) is 8.05. The average Bonchev–Trinajstić information content (AvgIpc) is 2.51. The topological polar surface area (TPSA) is 26.3 Å². The molecule has 1 atom stereocenters. The van der Waals surface area contributed by atoms with E-state index < -0.39 is 8.07 Å². The summed E-state index contributed by atoms with van der Waals surface area (Å²) >= 11 is 0. The van der Waals surface area contributed by atoms with Gasteiger partial charge in [-0.25, -0.2) is 0 Å². The minimum atomic E-state index is -1.71. The Balaban J connectivity index is 3.19. The molecule has 0 fully saturated rings. The van der Waals surface area contributed by atoms with Crippen LogP contribution in [0.5, 0.6) is 0 Å². The molecule has 0 aromatic heterocycles. The molecule has 1 unspecified atom stereocenters. The monoisotopic (exact) mass is 290 g/mol. The fourth-order valence-electron chi connectivity index (χ4n) is 2.97. The third kappa shape index (κ3) is 3.60. The molecule has 0 heterocycles. The molecule has 0 saturated heterocycles. The second-order valence-electron chi connectivity index (χ2n) is 5.19. The van der Waals surface area contributed by atoms with E-state index in [9.17, 15) is 4.79 Å². The standard InChI is InChI=1S/C17H26O2Si/c1-5-14-19-17(18)16(15-12-10-9-11-13-15)20(6-2,7-3)8-4/h5,9-13,16H,1,6-8,14H2,2-4H3. The summed E-state index contributed by atoms with van der Waals surface area (Å²) in [6.07, 6.45) is 1.63. The van der Waals surface area contributed by atoms with Crippen LogP contribution in [0, 0.1) is 0 Å². The summed E-state index contributed by atoms with van der Waals surface area (Å²) in [5.41, 5.74) is 1.04. The maximum absolute atomic E-state index is 12.6. The van der Waals surface area contributed by atoms with Gasteiger partial charge in [0.15, 0.2) is 0 Å². The molecule has 0 saturated carbocycles. The Morgan fingerprint density at radius 3 is 2.20 bits per heavy atom. The lowest BCUT2D eigenvalue weighted by Gasteiger charge is -2.35. The quantitative estimate of drug-likeness (QED) is 0.399. The van der Waals surface area contributed by atoms with E-state index in [1.807, 2.05) is 18.2 Å². The Morgan fingerprint density at radius 2 is 1.75 bits per heavy atom. The number of esters is 1. The maximum Gasteiger partial charge on any atom is 0.310 e. The number of carbonyl (C=O) groups is 1. The molecule has 0 aliphatic rings. The average molecular weight is 290 g/mol. The van der Waals surface area contributed by atoms with Crippen molar-refractivity contribution in [3.63, 3.8) is 0 Å². The lowest BCUT2D eigenvalue weighted by atomic mass is 10.1. The molecule has 0 radical (unpaired) electrons. The molecule has 1 aromatic rings. The predicted octanol–water partition coefficient (Wildman–Crippen LogP) is 4.55. The van der Waals surface area contributed by atoms with Gasteiger partial charge in [0, 0.05) is 0 Å². The summed E-state index contributed by atoms with van der Waals surface area (Å²) in [6, 6.07) is 13.4. The van der Waals surface area contributed by atoms with E-state index in [4.69, 9.17) is 4.74 Å². The first-order chi connectivity index (χ1) is 9.65. The zero-order valence-electron chi connectivity index (χ0n) is 12.9. The number of benzene rings is 1. The van der Waals surface area contributed by atoms with Crippen LogP contribution in [0.2, 0.25) is 18.1 Å². The van der Waals surface area contributed by atoms with Crippen LogP contribution < -0.4 is 0 Å².